The summed E-state index contributed by atoms with van der Waals surface area (Å²) < 4.78 is 1.77. The zero-order valence-electron chi connectivity index (χ0n) is 7.74. The van der Waals surface area contributed by atoms with Crippen molar-refractivity contribution in [3.8, 4) is 11.4 Å². The van der Waals surface area contributed by atoms with Crippen molar-refractivity contribution in [3.05, 3.63) is 35.5 Å². The highest BCUT2D eigenvalue weighted by Crippen LogP contribution is 2.25. The largest absolute Gasteiger partial charge is 0.381 e. The monoisotopic (exact) mass is 207 g/mol. The van der Waals surface area contributed by atoms with Gasteiger partial charge in [-0.2, -0.15) is 0 Å². The lowest BCUT2D eigenvalue weighted by atomic mass is 10.2. The van der Waals surface area contributed by atoms with Gasteiger partial charge in [-0.3, -0.25) is 0 Å². The molecular formula is C10H10ClN3. The molecule has 14 heavy (non-hydrogen) atoms. The SMILES string of the molecule is Cn1c(-c2ccccc2)nc(N)c1Cl. The Morgan fingerprint density at radius 1 is 1.29 bits per heavy atom. The molecule has 4 heteroatoms. The van der Waals surface area contributed by atoms with Crippen LogP contribution in [0.5, 0.6) is 0 Å². The van der Waals surface area contributed by atoms with E-state index in [1.165, 1.54) is 0 Å². The van der Waals surface area contributed by atoms with E-state index in [0.29, 0.717) is 11.0 Å². The molecule has 0 spiro atoms. The van der Waals surface area contributed by atoms with Gasteiger partial charge in [0.25, 0.3) is 0 Å². The van der Waals surface area contributed by atoms with Gasteiger partial charge < -0.3 is 10.3 Å². The molecule has 0 amide bonds. The molecule has 0 fully saturated rings. The lowest BCUT2D eigenvalue weighted by Gasteiger charge is -2.00. The maximum Gasteiger partial charge on any atom is 0.161 e. The number of benzene rings is 1. The number of nitrogens with zero attached hydrogens (tertiary/aromatic N) is 2. The van der Waals surface area contributed by atoms with Crippen molar-refractivity contribution in [2.24, 2.45) is 7.05 Å². The van der Waals surface area contributed by atoms with Crippen LogP contribution >= 0.6 is 11.6 Å². The molecule has 1 aromatic heterocycles. The molecule has 0 radical (unpaired) electrons. The molecule has 1 heterocycles. The number of anilines is 1. The zero-order chi connectivity index (χ0) is 10.1. The minimum Gasteiger partial charge on any atom is -0.381 e. The minimum atomic E-state index is 0.369. The van der Waals surface area contributed by atoms with Crippen LogP contribution in [0, 0.1) is 0 Å². The average molecular weight is 208 g/mol. The Balaban J connectivity index is 2.58. The van der Waals surface area contributed by atoms with Crippen LogP contribution in [0.15, 0.2) is 30.3 Å². The number of hydrogen-bond acceptors (Lipinski definition) is 2. The van der Waals surface area contributed by atoms with Gasteiger partial charge in [-0.15, -0.1) is 0 Å². The third-order valence-corrected chi connectivity index (χ3v) is 2.53. The first-order chi connectivity index (χ1) is 6.70. The standard InChI is InChI=1S/C10H10ClN3/c1-14-8(11)9(12)13-10(14)7-5-3-2-4-6-7/h2-6H,12H2,1H3. The smallest absolute Gasteiger partial charge is 0.161 e. The molecule has 0 saturated heterocycles. The first-order valence-corrected chi connectivity index (χ1v) is 4.61. The summed E-state index contributed by atoms with van der Waals surface area (Å²) in [4.78, 5) is 4.19. The molecule has 3 nitrogen and oxygen atoms in total. The van der Waals surface area contributed by atoms with Gasteiger partial charge in [-0.05, 0) is 0 Å². The molecule has 2 rings (SSSR count). The molecule has 72 valence electrons. The summed E-state index contributed by atoms with van der Waals surface area (Å²) in [5.41, 5.74) is 6.62. The van der Waals surface area contributed by atoms with Crippen LogP contribution < -0.4 is 5.73 Å². The lowest BCUT2D eigenvalue weighted by Crippen LogP contribution is -1.91. The number of nitrogen functional groups attached to an aromatic ring is 1. The molecule has 0 aliphatic carbocycles. The summed E-state index contributed by atoms with van der Waals surface area (Å²) >= 11 is 5.92. The van der Waals surface area contributed by atoms with Crippen molar-refractivity contribution in [2.45, 2.75) is 0 Å². The van der Waals surface area contributed by atoms with Gasteiger partial charge in [-0.25, -0.2) is 4.98 Å². The maximum atomic E-state index is 5.92. The Bertz CT molecular complexity index is 448. The summed E-state index contributed by atoms with van der Waals surface area (Å²) in [6, 6.07) is 9.80. The second kappa shape index (κ2) is 3.35. The Morgan fingerprint density at radius 3 is 2.43 bits per heavy atom. The van der Waals surface area contributed by atoms with Crippen LogP contribution in [0.25, 0.3) is 11.4 Å². The highest BCUT2D eigenvalue weighted by atomic mass is 35.5. The van der Waals surface area contributed by atoms with E-state index in [1.807, 2.05) is 37.4 Å². The normalized spacial score (nSPS) is 10.4. The summed E-state index contributed by atoms with van der Waals surface area (Å²) in [6.07, 6.45) is 0. The Labute approximate surface area is 87.1 Å². The second-order valence-electron chi connectivity index (χ2n) is 3.04. The molecule has 0 saturated carbocycles. The number of halogens is 1. The van der Waals surface area contributed by atoms with E-state index < -0.39 is 0 Å². The molecule has 0 aliphatic heterocycles. The van der Waals surface area contributed by atoms with Gasteiger partial charge >= 0.3 is 0 Å². The summed E-state index contributed by atoms with van der Waals surface area (Å²) in [6.45, 7) is 0. The van der Waals surface area contributed by atoms with Gasteiger partial charge in [0.2, 0.25) is 0 Å². The van der Waals surface area contributed by atoms with E-state index >= 15 is 0 Å². The van der Waals surface area contributed by atoms with Gasteiger partial charge in [-0.1, -0.05) is 41.9 Å². The number of imidazole rings is 1. The summed E-state index contributed by atoms with van der Waals surface area (Å²) in [5.74, 6) is 1.15. The first kappa shape index (κ1) is 9.09. The van der Waals surface area contributed by atoms with Crippen LogP contribution in [0.4, 0.5) is 5.82 Å². The molecular weight excluding hydrogens is 198 g/mol. The van der Waals surface area contributed by atoms with E-state index in [4.69, 9.17) is 17.3 Å². The quantitative estimate of drug-likeness (QED) is 0.780. The van der Waals surface area contributed by atoms with Crippen molar-refractivity contribution in [1.29, 1.82) is 0 Å². The third-order valence-electron chi connectivity index (χ3n) is 2.08. The number of rotatable bonds is 1. The fourth-order valence-electron chi connectivity index (χ4n) is 1.35. The van der Waals surface area contributed by atoms with E-state index in [-0.39, 0.29) is 0 Å². The Hall–Kier alpha value is -1.48. The highest BCUT2D eigenvalue weighted by Gasteiger charge is 2.10. The number of nitrogens with two attached hydrogens (primary N) is 1. The van der Waals surface area contributed by atoms with E-state index in [9.17, 15) is 0 Å². The molecule has 0 bridgehead atoms. The van der Waals surface area contributed by atoms with E-state index in [2.05, 4.69) is 4.98 Å². The fraction of sp³-hybridized carbons (Fsp3) is 0.100. The summed E-state index contributed by atoms with van der Waals surface area (Å²) in [7, 11) is 1.84. The van der Waals surface area contributed by atoms with Crippen molar-refractivity contribution in [1.82, 2.24) is 9.55 Å². The van der Waals surface area contributed by atoms with Crippen LogP contribution in [0.2, 0.25) is 5.15 Å². The third kappa shape index (κ3) is 1.36. The minimum absolute atomic E-state index is 0.369. The van der Waals surface area contributed by atoms with Crippen LogP contribution in [-0.2, 0) is 7.05 Å². The fourth-order valence-corrected chi connectivity index (χ4v) is 1.47. The lowest BCUT2D eigenvalue weighted by molar-refractivity contribution is 0.926. The van der Waals surface area contributed by atoms with Gasteiger partial charge in [0, 0.05) is 12.6 Å². The average Bonchev–Trinajstić information content (AvgIpc) is 2.47. The van der Waals surface area contributed by atoms with Crippen LogP contribution in [0.3, 0.4) is 0 Å². The number of hydrogen-bond donors (Lipinski definition) is 1. The van der Waals surface area contributed by atoms with E-state index in [1.54, 1.807) is 4.57 Å². The molecule has 0 unspecified atom stereocenters. The topological polar surface area (TPSA) is 43.8 Å². The molecule has 0 atom stereocenters. The predicted molar refractivity (Wildman–Crippen MR) is 58.1 cm³/mol. The Kier molecular flexibility index (Phi) is 2.17. The van der Waals surface area contributed by atoms with Gasteiger partial charge in [0.15, 0.2) is 11.0 Å². The predicted octanol–water partition coefficient (Wildman–Crippen LogP) is 2.32. The van der Waals surface area contributed by atoms with Crippen molar-refractivity contribution in [3.63, 3.8) is 0 Å². The Morgan fingerprint density at radius 2 is 1.93 bits per heavy atom. The highest BCUT2D eigenvalue weighted by molar-refractivity contribution is 6.32. The summed E-state index contributed by atoms with van der Waals surface area (Å²) in [5, 5.41) is 0.476. The molecule has 2 N–H and O–H groups in total. The van der Waals surface area contributed by atoms with Crippen LogP contribution in [0.1, 0.15) is 0 Å². The first-order valence-electron chi connectivity index (χ1n) is 4.23. The van der Waals surface area contributed by atoms with Crippen LogP contribution in [-0.4, -0.2) is 9.55 Å². The van der Waals surface area contributed by atoms with Crippen molar-refractivity contribution < 1.29 is 0 Å². The zero-order valence-corrected chi connectivity index (χ0v) is 8.49. The van der Waals surface area contributed by atoms with Gasteiger partial charge in [0.05, 0.1) is 0 Å². The second-order valence-corrected chi connectivity index (χ2v) is 3.39. The molecule has 2 aromatic rings. The number of aromatic nitrogens is 2. The molecule has 0 aliphatic rings. The van der Waals surface area contributed by atoms with E-state index in [0.717, 1.165) is 11.4 Å². The van der Waals surface area contributed by atoms with Crippen molar-refractivity contribution in [2.75, 3.05) is 5.73 Å². The maximum absolute atomic E-state index is 5.92. The molecule has 1 aromatic carbocycles. The van der Waals surface area contributed by atoms with Gasteiger partial charge in [0.1, 0.15) is 5.82 Å². The van der Waals surface area contributed by atoms with Crippen molar-refractivity contribution >= 4 is 17.4 Å².